The van der Waals surface area contributed by atoms with Gasteiger partial charge in [0.15, 0.2) is 0 Å². The maximum absolute atomic E-state index is 10.7. The zero-order valence-corrected chi connectivity index (χ0v) is 11.0. The molecule has 0 radical (unpaired) electrons. The molecular formula is C15H19NO3. The number of rotatable bonds is 6. The summed E-state index contributed by atoms with van der Waals surface area (Å²) in [4.78, 5) is 10.7. The first-order valence-electron chi connectivity index (χ1n) is 6.51. The van der Waals surface area contributed by atoms with E-state index in [4.69, 9.17) is 10.2 Å². The normalized spacial score (nSPS) is 12.7. The maximum atomic E-state index is 10.7. The summed E-state index contributed by atoms with van der Waals surface area (Å²) in [5.41, 5.74) is 2.16. The Bertz CT molecular complexity index is 574. The molecule has 0 fully saturated rings. The minimum Gasteiger partial charge on any atom is -0.481 e. The lowest BCUT2D eigenvalue weighted by Gasteiger charge is -2.10. The van der Waals surface area contributed by atoms with E-state index in [1.807, 2.05) is 37.4 Å². The van der Waals surface area contributed by atoms with Crippen molar-refractivity contribution >= 4 is 16.9 Å². The second-order valence-electron chi connectivity index (χ2n) is 5.01. The lowest BCUT2D eigenvalue weighted by atomic mass is 10.1. The molecule has 1 unspecified atom stereocenters. The number of carboxylic acids is 1. The van der Waals surface area contributed by atoms with Crippen molar-refractivity contribution in [2.75, 3.05) is 6.61 Å². The summed E-state index contributed by atoms with van der Waals surface area (Å²) < 4.78 is 2.10. The third kappa shape index (κ3) is 3.15. The van der Waals surface area contributed by atoms with Crippen LogP contribution in [0, 0.1) is 5.92 Å². The van der Waals surface area contributed by atoms with Crippen LogP contribution in [0.5, 0.6) is 0 Å². The predicted molar refractivity (Wildman–Crippen MR) is 74.1 cm³/mol. The smallest absolute Gasteiger partial charge is 0.303 e. The SMILES string of the molecule is CC(CO)Cn1cc(CCC(=O)O)c2ccccc21. The third-order valence-electron chi connectivity index (χ3n) is 3.30. The number of benzene rings is 1. The van der Waals surface area contributed by atoms with Gasteiger partial charge in [0, 0.05) is 36.7 Å². The second-order valence-corrected chi connectivity index (χ2v) is 5.01. The summed E-state index contributed by atoms with van der Waals surface area (Å²) in [5, 5.41) is 19.1. The Morgan fingerprint density at radius 3 is 2.79 bits per heavy atom. The Morgan fingerprint density at radius 2 is 2.11 bits per heavy atom. The molecule has 0 aliphatic carbocycles. The molecule has 0 aliphatic rings. The van der Waals surface area contributed by atoms with Gasteiger partial charge in [0.2, 0.25) is 0 Å². The standard InChI is InChI=1S/C15H19NO3/c1-11(10-17)8-16-9-12(6-7-15(18)19)13-4-2-3-5-14(13)16/h2-5,9,11,17H,6-8,10H2,1H3,(H,18,19). The molecule has 2 rings (SSSR count). The van der Waals surface area contributed by atoms with Gasteiger partial charge < -0.3 is 14.8 Å². The molecule has 2 N–H and O–H groups in total. The minimum absolute atomic E-state index is 0.142. The van der Waals surface area contributed by atoms with E-state index < -0.39 is 5.97 Å². The fraction of sp³-hybridized carbons (Fsp3) is 0.400. The number of aliphatic carboxylic acids is 1. The molecule has 1 atom stereocenters. The summed E-state index contributed by atoms with van der Waals surface area (Å²) in [6, 6.07) is 7.99. The monoisotopic (exact) mass is 261 g/mol. The van der Waals surface area contributed by atoms with E-state index in [9.17, 15) is 4.79 Å². The van der Waals surface area contributed by atoms with Crippen LogP contribution in [0.25, 0.3) is 10.9 Å². The van der Waals surface area contributed by atoms with E-state index in [0.29, 0.717) is 6.42 Å². The van der Waals surface area contributed by atoms with Crippen LogP contribution in [0.2, 0.25) is 0 Å². The van der Waals surface area contributed by atoms with Crippen molar-refractivity contribution in [3.8, 4) is 0 Å². The van der Waals surface area contributed by atoms with E-state index in [-0.39, 0.29) is 18.9 Å². The summed E-state index contributed by atoms with van der Waals surface area (Å²) in [6.07, 6.45) is 2.69. The van der Waals surface area contributed by atoms with Gasteiger partial charge in [-0.3, -0.25) is 4.79 Å². The molecule has 1 aromatic carbocycles. The number of fused-ring (bicyclic) bond motifs is 1. The molecule has 1 aromatic heterocycles. The molecule has 2 aromatic rings. The highest BCUT2D eigenvalue weighted by Gasteiger charge is 2.11. The van der Waals surface area contributed by atoms with Gasteiger partial charge in [-0.05, 0) is 24.0 Å². The lowest BCUT2D eigenvalue weighted by molar-refractivity contribution is -0.136. The largest absolute Gasteiger partial charge is 0.481 e. The maximum Gasteiger partial charge on any atom is 0.303 e. The molecule has 0 spiro atoms. The van der Waals surface area contributed by atoms with Crippen molar-refractivity contribution in [3.05, 3.63) is 36.0 Å². The number of hydrogen-bond donors (Lipinski definition) is 2. The number of aliphatic hydroxyl groups is 1. The predicted octanol–water partition coefficient (Wildman–Crippen LogP) is 2.29. The van der Waals surface area contributed by atoms with Crippen molar-refractivity contribution in [1.29, 1.82) is 0 Å². The van der Waals surface area contributed by atoms with Crippen LogP contribution in [0.3, 0.4) is 0 Å². The van der Waals surface area contributed by atoms with Gasteiger partial charge >= 0.3 is 5.97 Å². The first-order chi connectivity index (χ1) is 9.11. The first-order valence-corrected chi connectivity index (χ1v) is 6.51. The van der Waals surface area contributed by atoms with Crippen molar-refractivity contribution in [2.24, 2.45) is 5.92 Å². The van der Waals surface area contributed by atoms with Gasteiger partial charge in [-0.2, -0.15) is 0 Å². The summed E-state index contributed by atoms with van der Waals surface area (Å²) >= 11 is 0. The number of aryl methyl sites for hydroxylation is 1. The lowest BCUT2D eigenvalue weighted by Crippen LogP contribution is -2.10. The van der Waals surface area contributed by atoms with Crippen molar-refractivity contribution < 1.29 is 15.0 Å². The summed E-state index contributed by atoms with van der Waals surface area (Å²) in [6.45, 7) is 2.88. The van der Waals surface area contributed by atoms with E-state index >= 15 is 0 Å². The average molecular weight is 261 g/mol. The molecule has 102 valence electrons. The number of carboxylic acid groups (broad SMARTS) is 1. The zero-order chi connectivity index (χ0) is 13.8. The van der Waals surface area contributed by atoms with Crippen LogP contribution in [-0.4, -0.2) is 27.4 Å². The fourth-order valence-electron chi connectivity index (χ4n) is 2.31. The van der Waals surface area contributed by atoms with Crippen LogP contribution < -0.4 is 0 Å². The molecular weight excluding hydrogens is 242 g/mol. The Balaban J connectivity index is 2.33. The fourth-order valence-corrected chi connectivity index (χ4v) is 2.31. The zero-order valence-electron chi connectivity index (χ0n) is 11.0. The van der Waals surface area contributed by atoms with E-state index in [2.05, 4.69) is 4.57 Å². The van der Waals surface area contributed by atoms with Crippen LogP contribution in [-0.2, 0) is 17.8 Å². The number of carbonyl (C=O) groups is 1. The van der Waals surface area contributed by atoms with Crippen LogP contribution in [0.4, 0.5) is 0 Å². The van der Waals surface area contributed by atoms with Crippen LogP contribution >= 0.6 is 0 Å². The summed E-state index contributed by atoms with van der Waals surface area (Å²) in [5.74, 6) is -0.594. The quantitative estimate of drug-likeness (QED) is 0.838. The number of hydrogen-bond acceptors (Lipinski definition) is 2. The van der Waals surface area contributed by atoms with E-state index in [0.717, 1.165) is 23.0 Å². The summed E-state index contributed by atoms with van der Waals surface area (Å²) in [7, 11) is 0. The second kappa shape index (κ2) is 5.89. The average Bonchev–Trinajstić information content (AvgIpc) is 2.75. The van der Waals surface area contributed by atoms with E-state index in [1.54, 1.807) is 0 Å². The molecule has 19 heavy (non-hydrogen) atoms. The number of para-hydroxylation sites is 1. The van der Waals surface area contributed by atoms with Crippen molar-refractivity contribution in [2.45, 2.75) is 26.3 Å². The molecule has 0 aliphatic heterocycles. The third-order valence-corrected chi connectivity index (χ3v) is 3.30. The van der Waals surface area contributed by atoms with Gasteiger partial charge in [-0.15, -0.1) is 0 Å². The first kappa shape index (κ1) is 13.6. The number of aliphatic hydroxyl groups excluding tert-OH is 1. The number of aromatic nitrogens is 1. The van der Waals surface area contributed by atoms with Crippen molar-refractivity contribution in [1.82, 2.24) is 4.57 Å². The van der Waals surface area contributed by atoms with Gasteiger partial charge in [0.1, 0.15) is 0 Å². The van der Waals surface area contributed by atoms with Gasteiger partial charge in [-0.25, -0.2) is 0 Å². The molecule has 4 heteroatoms. The van der Waals surface area contributed by atoms with Gasteiger partial charge in [-0.1, -0.05) is 25.1 Å². The Labute approximate surface area is 112 Å². The molecule has 0 saturated carbocycles. The highest BCUT2D eigenvalue weighted by molar-refractivity contribution is 5.84. The molecule has 4 nitrogen and oxygen atoms in total. The topological polar surface area (TPSA) is 62.5 Å². The Morgan fingerprint density at radius 1 is 1.37 bits per heavy atom. The molecule has 0 amide bonds. The van der Waals surface area contributed by atoms with Gasteiger partial charge in [0.05, 0.1) is 0 Å². The van der Waals surface area contributed by atoms with Gasteiger partial charge in [0.25, 0.3) is 0 Å². The Kier molecular flexibility index (Phi) is 4.22. The van der Waals surface area contributed by atoms with Crippen LogP contribution in [0.1, 0.15) is 18.9 Å². The van der Waals surface area contributed by atoms with Crippen LogP contribution in [0.15, 0.2) is 30.5 Å². The molecule has 0 bridgehead atoms. The number of nitrogens with zero attached hydrogens (tertiary/aromatic N) is 1. The highest BCUT2D eigenvalue weighted by Crippen LogP contribution is 2.23. The molecule has 0 saturated heterocycles. The van der Waals surface area contributed by atoms with Crippen molar-refractivity contribution in [3.63, 3.8) is 0 Å². The molecule has 1 heterocycles. The van der Waals surface area contributed by atoms with E-state index in [1.165, 1.54) is 0 Å². The highest BCUT2D eigenvalue weighted by atomic mass is 16.4. The minimum atomic E-state index is -0.777. The Hall–Kier alpha value is -1.81.